The molecule has 0 bridgehead atoms. The lowest BCUT2D eigenvalue weighted by atomic mass is 10.00. The summed E-state index contributed by atoms with van der Waals surface area (Å²) in [7, 11) is 0. The molecule has 0 radical (unpaired) electrons. The molecule has 10 heteroatoms. The Labute approximate surface area is 166 Å². The van der Waals surface area contributed by atoms with Crippen LogP contribution in [0.15, 0.2) is 24.8 Å². The molecular formula is C19H21F2N7O. The summed E-state index contributed by atoms with van der Waals surface area (Å²) in [4.78, 5) is 30.3. The molecule has 3 aromatic heterocycles. The SMILES string of the molecule is CCCC1(F)CCN(c2cnc(C(=O)Nc3cn4cc(C)nc4c(F)n3)cn2)C1. The van der Waals surface area contributed by atoms with Gasteiger partial charge in [-0.05, 0) is 13.3 Å². The molecule has 8 nitrogen and oxygen atoms in total. The van der Waals surface area contributed by atoms with Gasteiger partial charge in [0.05, 0.1) is 30.8 Å². The number of fused-ring (bicyclic) bond motifs is 1. The predicted octanol–water partition coefficient (Wildman–Crippen LogP) is 2.94. The number of aromatic nitrogens is 5. The molecule has 4 rings (SSSR count). The van der Waals surface area contributed by atoms with Crippen molar-refractivity contribution in [1.82, 2.24) is 24.3 Å². The quantitative estimate of drug-likeness (QED) is 0.707. The average molecular weight is 401 g/mol. The van der Waals surface area contributed by atoms with Crippen molar-refractivity contribution in [2.75, 3.05) is 23.3 Å². The lowest BCUT2D eigenvalue weighted by molar-refractivity contribution is 0.102. The molecule has 0 aromatic carbocycles. The van der Waals surface area contributed by atoms with E-state index in [4.69, 9.17) is 0 Å². The van der Waals surface area contributed by atoms with Crippen LogP contribution in [-0.2, 0) is 0 Å². The van der Waals surface area contributed by atoms with Crippen LogP contribution in [0.4, 0.5) is 20.4 Å². The minimum Gasteiger partial charge on any atom is -0.352 e. The number of imidazole rings is 1. The monoisotopic (exact) mass is 401 g/mol. The minimum atomic E-state index is -1.20. The maximum absolute atomic E-state index is 14.6. The van der Waals surface area contributed by atoms with E-state index in [-0.39, 0.29) is 23.7 Å². The summed E-state index contributed by atoms with van der Waals surface area (Å²) >= 11 is 0. The number of nitrogens with zero attached hydrogens (tertiary/aromatic N) is 6. The third-order valence-electron chi connectivity index (χ3n) is 4.96. The standard InChI is InChI=1S/C19H21F2N7O/c1-3-4-19(21)5-6-27(11-19)15-8-22-13(7-23-15)18(29)26-14-10-28-9-12(2)24-17(28)16(20)25-14/h7-10H,3-6,11H2,1-2H3,(H,26,29). The zero-order valence-electron chi connectivity index (χ0n) is 16.2. The van der Waals surface area contributed by atoms with E-state index < -0.39 is 17.5 Å². The fourth-order valence-corrected chi connectivity index (χ4v) is 3.61. The van der Waals surface area contributed by atoms with Crippen LogP contribution >= 0.6 is 0 Å². The molecule has 1 aliphatic heterocycles. The van der Waals surface area contributed by atoms with Crippen LogP contribution in [0.5, 0.6) is 0 Å². The predicted molar refractivity (Wildman–Crippen MR) is 103 cm³/mol. The fraction of sp³-hybridized carbons (Fsp3) is 0.421. The van der Waals surface area contributed by atoms with Gasteiger partial charge in [-0.25, -0.2) is 19.3 Å². The van der Waals surface area contributed by atoms with Gasteiger partial charge < -0.3 is 10.2 Å². The van der Waals surface area contributed by atoms with Crippen LogP contribution in [0, 0.1) is 12.9 Å². The van der Waals surface area contributed by atoms with E-state index in [2.05, 4.69) is 25.3 Å². The second-order valence-electron chi connectivity index (χ2n) is 7.32. The van der Waals surface area contributed by atoms with E-state index in [0.29, 0.717) is 30.9 Å². The Kier molecular flexibility index (Phi) is 4.85. The van der Waals surface area contributed by atoms with Crippen LogP contribution in [0.25, 0.3) is 5.65 Å². The van der Waals surface area contributed by atoms with E-state index in [9.17, 15) is 13.6 Å². The number of hydrogen-bond donors (Lipinski definition) is 1. The molecule has 4 heterocycles. The van der Waals surface area contributed by atoms with Gasteiger partial charge in [0.1, 0.15) is 17.2 Å². The second-order valence-corrected chi connectivity index (χ2v) is 7.32. The summed E-state index contributed by atoms with van der Waals surface area (Å²) in [5.74, 6) is -0.797. The first-order valence-corrected chi connectivity index (χ1v) is 9.46. The number of amides is 1. The smallest absolute Gasteiger partial charge is 0.277 e. The number of anilines is 2. The summed E-state index contributed by atoms with van der Waals surface area (Å²) in [5, 5.41) is 2.50. The molecule has 1 N–H and O–H groups in total. The number of rotatable bonds is 5. The number of alkyl halides is 1. The molecule has 1 saturated heterocycles. The third-order valence-corrected chi connectivity index (χ3v) is 4.96. The van der Waals surface area contributed by atoms with Gasteiger partial charge in [-0.2, -0.15) is 9.37 Å². The average Bonchev–Trinajstić information content (AvgIpc) is 3.25. The van der Waals surface area contributed by atoms with E-state index in [1.165, 1.54) is 23.0 Å². The Bertz CT molecular complexity index is 1050. The van der Waals surface area contributed by atoms with Crippen molar-refractivity contribution in [2.24, 2.45) is 0 Å². The third kappa shape index (κ3) is 3.87. The van der Waals surface area contributed by atoms with Crippen LogP contribution in [0.3, 0.4) is 0 Å². The number of halogens is 2. The Morgan fingerprint density at radius 3 is 2.83 bits per heavy atom. The Morgan fingerprint density at radius 1 is 1.28 bits per heavy atom. The number of carbonyl (C=O) groups is 1. The van der Waals surface area contributed by atoms with Crippen molar-refractivity contribution in [3.63, 3.8) is 0 Å². The number of aryl methyl sites for hydroxylation is 1. The van der Waals surface area contributed by atoms with E-state index in [0.717, 1.165) is 6.42 Å². The first-order valence-electron chi connectivity index (χ1n) is 9.46. The van der Waals surface area contributed by atoms with Crippen molar-refractivity contribution in [3.8, 4) is 0 Å². The molecule has 1 fully saturated rings. The first-order chi connectivity index (χ1) is 13.9. The zero-order chi connectivity index (χ0) is 20.6. The van der Waals surface area contributed by atoms with Crippen molar-refractivity contribution in [3.05, 3.63) is 42.1 Å². The highest BCUT2D eigenvalue weighted by Gasteiger charge is 2.38. The second kappa shape index (κ2) is 7.34. The normalized spacial score (nSPS) is 19.1. The maximum atomic E-state index is 14.6. The maximum Gasteiger partial charge on any atom is 0.277 e. The van der Waals surface area contributed by atoms with Gasteiger partial charge in [-0.1, -0.05) is 13.3 Å². The molecule has 29 heavy (non-hydrogen) atoms. The lowest BCUT2D eigenvalue weighted by Crippen LogP contribution is -2.29. The number of carbonyl (C=O) groups excluding carboxylic acids is 1. The van der Waals surface area contributed by atoms with E-state index in [1.54, 1.807) is 13.1 Å². The summed E-state index contributed by atoms with van der Waals surface area (Å²) in [6.45, 7) is 4.53. The zero-order valence-corrected chi connectivity index (χ0v) is 16.2. The lowest BCUT2D eigenvalue weighted by Gasteiger charge is -2.20. The summed E-state index contributed by atoms with van der Waals surface area (Å²) in [5.41, 5.74) is -0.430. The van der Waals surface area contributed by atoms with Gasteiger partial charge in [0.25, 0.3) is 11.9 Å². The molecular weight excluding hydrogens is 380 g/mol. The highest BCUT2D eigenvalue weighted by atomic mass is 19.1. The summed E-state index contributed by atoms with van der Waals surface area (Å²) < 4.78 is 30.1. The number of hydrogen-bond acceptors (Lipinski definition) is 6. The van der Waals surface area contributed by atoms with Gasteiger partial charge in [0, 0.05) is 19.2 Å². The molecule has 1 atom stereocenters. The van der Waals surface area contributed by atoms with Gasteiger partial charge in [-0.3, -0.25) is 9.20 Å². The van der Waals surface area contributed by atoms with Crippen molar-refractivity contribution in [2.45, 2.75) is 38.8 Å². The van der Waals surface area contributed by atoms with Crippen LogP contribution < -0.4 is 10.2 Å². The van der Waals surface area contributed by atoms with Crippen molar-refractivity contribution < 1.29 is 13.6 Å². The highest BCUT2D eigenvalue weighted by molar-refractivity contribution is 6.02. The Balaban J connectivity index is 1.46. The van der Waals surface area contributed by atoms with Crippen molar-refractivity contribution >= 4 is 23.2 Å². The minimum absolute atomic E-state index is 0.0320. The molecule has 1 unspecified atom stereocenters. The van der Waals surface area contributed by atoms with Crippen LogP contribution in [0.2, 0.25) is 0 Å². The van der Waals surface area contributed by atoms with Gasteiger partial charge in [0.15, 0.2) is 11.5 Å². The van der Waals surface area contributed by atoms with Crippen molar-refractivity contribution in [1.29, 1.82) is 0 Å². The molecule has 3 aromatic rings. The molecule has 1 aliphatic rings. The molecule has 0 aliphatic carbocycles. The summed E-state index contributed by atoms with van der Waals surface area (Å²) in [6.07, 6.45) is 7.62. The van der Waals surface area contributed by atoms with Crippen LogP contribution in [0.1, 0.15) is 42.4 Å². The van der Waals surface area contributed by atoms with Gasteiger partial charge >= 0.3 is 0 Å². The Morgan fingerprint density at radius 2 is 2.10 bits per heavy atom. The highest BCUT2D eigenvalue weighted by Crippen LogP contribution is 2.32. The van der Waals surface area contributed by atoms with E-state index in [1.807, 2.05) is 11.8 Å². The largest absolute Gasteiger partial charge is 0.352 e. The topological polar surface area (TPSA) is 88.3 Å². The van der Waals surface area contributed by atoms with E-state index >= 15 is 0 Å². The summed E-state index contributed by atoms with van der Waals surface area (Å²) in [6, 6.07) is 0. The molecule has 152 valence electrons. The van der Waals surface area contributed by atoms with Gasteiger partial charge in [-0.15, -0.1) is 0 Å². The van der Waals surface area contributed by atoms with Gasteiger partial charge in [0.2, 0.25) is 0 Å². The number of nitrogens with one attached hydrogen (secondary N) is 1. The first kappa shape index (κ1) is 19.2. The molecule has 0 saturated carbocycles. The molecule has 1 amide bonds. The Hall–Kier alpha value is -3.17. The molecule has 0 spiro atoms. The fourth-order valence-electron chi connectivity index (χ4n) is 3.61. The van der Waals surface area contributed by atoms with Crippen LogP contribution in [-0.4, -0.2) is 49.0 Å².